The van der Waals surface area contributed by atoms with Crippen molar-refractivity contribution in [2.24, 2.45) is 11.8 Å². The molecule has 0 saturated heterocycles. The third-order valence-corrected chi connectivity index (χ3v) is 7.66. The molecule has 2 aromatic rings. The summed E-state index contributed by atoms with van der Waals surface area (Å²) < 4.78 is 0. The van der Waals surface area contributed by atoms with Crippen LogP contribution in [0.25, 0.3) is 0 Å². The van der Waals surface area contributed by atoms with E-state index in [0.29, 0.717) is 6.54 Å². The highest BCUT2D eigenvalue weighted by Gasteiger charge is 2.54. The molecule has 2 amide bonds. The van der Waals surface area contributed by atoms with Crippen LogP contribution in [0, 0.1) is 11.8 Å². The zero-order valence-corrected chi connectivity index (χ0v) is 18.9. The molecule has 1 N–H and O–H groups in total. The van der Waals surface area contributed by atoms with Gasteiger partial charge in [0, 0.05) is 36.5 Å². The lowest BCUT2D eigenvalue weighted by molar-refractivity contribution is -0.143. The van der Waals surface area contributed by atoms with E-state index in [9.17, 15) is 14.4 Å². The number of hydrogen-bond acceptors (Lipinski definition) is 3. The first-order valence-electron chi connectivity index (χ1n) is 12.0. The SMILES string of the molecule is CCN(C(=O)CCC(=O)O)C1c2ccccc2N(C(=O)C2CC2c2ccccc2)C2CCC12. The number of carboxylic acid groups (broad SMARTS) is 1. The molecule has 0 aromatic heterocycles. The number of benzene rings is 2. The lowest BCUT2D eigenvalue weighted by Gasteiger charge is -2.55. The van der Waals surface area contributed by atoms with Gasteiger partial charge < -0.3 is 14.9 Å². The van der Waals surface area contributed by atoms with Crippen molar-refractivity contribution in [1.29, 1.82) is 0 Å². The van der Waals surface area contributed by atoms with Crippen molar-refractivity contribution in [2.75, 3.05) is 11.4 Å². The Hall–Kier alpha value is -3.15. The van der Waals surface area contributed by atoms with E-state index in [4.69, 9.17) is 5.11 Å². The summed E-state index contributed by atoms with van der Waals surface area (Å²) in [5, 5.41) is 9.03. The van der Waals surface area contributed by atoms with Gasteiger partial charge in [0.2, 0.25) is 11.8 Å². The van der Waals surface area contributed by atoms with Crippen LogP contribution in [0.15, 0.2) is 54.6 Å². The van der Waals surface area contributed by atoms with Crippen molar-refractivity contribution in [3.05, 3.63) is 65.7 Å². The Morgan fingerprint density at radius 2 is 1.73 bits per heavy atom. The molecular formula is C27H30N2O4. The largest absolute Gasteiger partial charge is 0.481 e. The van der Waals surface area contributed by atoms with Crippen LogP contribution in [-0.2, 0) is 14.4 Å². The van der Waals surface area contributed by atoms with E-state index in [1.165, 1.54) is 5.56 Å². The Balaban J connectivity index is 1.43. The lowest BCUT2D eigenvalue weighted by Crippen LogP contribution is -2.59. The predicted octanol–water partition coefficient (Wildman–Crippen LogP) is 4.37. The molecule has 5 rings (SSSR count). The molecule has 6 nitrogen and oxygen atoms in total. The third kappa shape index (κ3) is 3.81. The first kappa shape index (κ1) is 21.7. The molecule has 172 valence electrons. The van der Waals surface area contributed by atoms with Gasteiger partial charge in [-0.1, -0.05) is 48.5 Å². The number of hydrogen-bond donors (Lipinski definition) is 1. The van der Waals surface area contributed by atoms with Gasteiger partial charge in [-0.05, 0) is 49.3 Å². The van der Waals surface area contributed by atoms with Gasteiger partial charge >= 0.3 is 5.97 Å². The topological polar surface area (TPSA) is 77.9 Å². The van der Waals surface area contributed by atoms with Gasteiger partial charge in [0.15, 0.2) is 0 Å². The summed E-state index contributed by atoms with van der Waals surface area (Å²) >= 11 is 0. The number of aliphatic carboxylic acids is 1. The quantitative estimate of drug-likeness (QED) is 0.685. The van der Waals surface area contributed by atoms with E-state index >= 15 is 0 Å². The van der Waals surface area contributed by atoms with E-state index in [0.717, 1.165) is 30.5 Å². The van der Waals surface area contributed by atoms with Gasteiger partial charge in [-0.25, -0.2) is 0 Å². The van der Waals surface area contributed by atoms with Crippen LogP contribution >= 0.6 is 0 Å². The second-order valence-corrected chi connectivity index (χ2v) is 9.45. The molecular weight excluding hydrogens is 416 g/mol. The highest BCUT2D eigenvalue weighted by molar-refractivity contribution is 5.99. The van der Waals surface area contributed by atoms with Gasteiger partial charge in [0.1, 0.15) is 0 Å². The predicted molar refractivity (Wildman–Crippen MR) is 125 cm³/mol. The Morgan fingerprint density at radius 3 is 2.39 bits per heavy atom. The fourth-order valence-corrected chi connectivity index (χ4v) is 5.85. The third-order valence-electron chi connectivity index (χ3n) is 7.66. The molecule has 1 heterocycles. The summed E-state index contributed by atoms with van der Waals surface area (Å²) in [6, 6.07) is 18.2. The number of rotatable bonds is 7. The van der Waals surface area contributed by atoms with Gasteiger partial charge in [-0.2, -0.15) is 0 Å². The molecule has 0 bridgehead atoms. The summed E-state index contributed by atoms with van der Waals surface area (Å²) in [5.41, 5.74) is 3.15. The van der Waals surface area contributed by atoms with Crippen LogP contribution < -0.4 is 4.90 Å². The number of carboxylic acids is 1. The number of amides is 2. The summed E-state index contributed by atoms with van der Waals surface area (Å²) in [5.74, 6) is -0.406. The van der Waals surface area contributed by atoms with Gasteiger partial charge in [-0.3, -0.25) is 14.4 Å². The maximum Gasteiger partial charge on any atom is 0.303 e. The van der Waals surface area contributed by atoms with Crippen molar-refractivity contribution in [2.45, 2.75) is 57.0 Å². The molecule has 33 heavy (non-hydrogen) atoms. The van der Waals surface area contributed by atoms with Crippen molar-refractivity contribution in [1.82, 2.24) is 4.90 Å². The molecule has 3 aliphatic rings. The molecule has 5 atom stereocenters. The van der Waals surface area contributed by atoms with Crippen LogP contribution in [0.4, 0.5) is 5.69 Å². The van der Waals surface area contributed by atoms with Crippen molar-refractivity contribution in [3.63, 3.8) is 0 Å². The monoisotopic (exact) mass is 446 g/mol. The molecule has 2 saturated carbocycles. The number of carbonyl (C=O) groups is 3. The van der Waals surface area contributed by atoms with Crippen molar-refractivity contribution in [3.8, 4) is 0 Å². The number of carbonyl (C=O) groups excluding carboxylic acids is 2. The highest BCUT2D eigenvalue weighted by atomic mass is 16.4. The maximum absolute atomic E-state index is 13.7. The van der Waals surface area contributed by atoms with E-state index in [1.807, 2.05) is 59.2 Å². The molecule has 0 spiro atoms. The van der Waals surface area contributed by atoms with E-state index in [1.54, 1.807) is 0 Å². The second-order valence-electron chi connectivity index (χ2n) is 9.45. The molecule has 5 unspecified atom stereocenters. The maximum atomic E-state index is 13.7. The highest BCUT2D eigenvalue weighted by Crippen LogP contribution is 2.55. The molecule has 0 radical (unpaired) electrons. The first-order chi connectivity index (χ1) is 16.0. The normalized spacial score (nSPS) is 27.1. The van der Waals surface area contributed by atoms with Crippen LogP contribution in [0.3, 0.4) is 0 Å². The Kier molecular flexibility index (Phi) is 5.69. The summed E-state index contributed by atoms with van der Waals surface area (Å²) in [6.07, 6.45) is 2.62. The van der Waals surface area contributed by atoms with Gasteiger partial charge in [-0.15, -0.1) is 0 Å². The average molecular weight is 447 g/mol. The number of nitrogens with zero attached hydrogens (tertiary/aromatic N) is 2. The second kappa shape index (κ2) is 8.65. The molecule has 2 fully saturated rings. The summed E-state index contributed by atoms with van der Waals surface area (Å²) in [7, 11) is 0. The van der Waals surface area contributed by atoms with Crippen molar-refractivity contribution >= 4 is 23.5 Å². The summed E-state index contributed by atoms with van der Waals surface area (Å²) in [6.45, 7) is 2.47. The van der Waals surface area contributed by atoms with Crippen LogP contribution in [-0.4, -0.2) is 40.4 Å². The zero-order valence-electron chi connectivity index (χ0n) is 18.9. The standard InChI is InChI=1S/C27H30N2O4/c1-2-28(24(30)14-15-25(31)32)26-18-10-6-7-11-22(18)29(23-13-12-19(23)26)27(33)21-16-20(21)17-8-4-3-5-9-17/h3-11,19-21,23,26H,2,12-16H2,1H3,(H,31,32). The van der Waals surface area contributed by atoms with E-state index < -0.39 is 5.97 Å². The molecule has 6 heteroatoms. The smallest absolute Gasteiger partial charge is 0.303 e. The fraction of sp³-hybridized carbons (Fsp3) is 0.444. The van der Waals surface area contributed by atoms with Crippen LogP contribution in [0.2, 0.25) is 0 Å². The van der Waals surface area contributed by atoms with Gasteiger partial charge in [0.25, 0.3) is 0 Å². The van der Waals surface area contributed by atoms with Crippen LogP contribution in [0.5, 0.6) is 0 Å². The van der Waals surface area contributed by atoms with Crippen LogP contribution in [0.1, 0.15) is 62.1 Å². The minimum absolute atomic E-state index is 0.00268. The van der Waals surface area contributed by atoms with Crippen molar-refractivity contribution < 1.29 is 19.5 Å². The zero-order chi connectivity index (χ0) is 23.1. The molecule has 2 aromatic carbocycles. The van der Waals surface area contributed by atoms with E-state index in [2.05, 4.69) is 12.1 Å². The number of fused-ring (bicyclic) bond motifs is 2. The molecule has 1 aliphatic heterocycles. The summed E-state index contributed by atoms with van der Waals surface area (Å²) in [4.78, 5) is 41.6. The minimum atomic E-state index is -0.959. The molecule has 2 aliphatic carbocycles. The Morgan fingerprint density at radius 1 is 1.00 bits per heavy atom. The van der Waals surface area contributed by atoms with E-state index in [-0.39, 0.29) is 54.5 Å². The average Bonchev–Trinajstić information content (AvgIpc) is 3.61. The Labute approximate surface area is 194 Å². The number of para-hydroxylation sites is 1. The van der Waals surface area contributed by atoms with Gasteiger partial charge in [0.05, 0.1) is 12.5 Å². The first-order valence-corrected chi connectivity index (χ1v) is 12.0. The Bertz CT molecular complexity index is 1070. The fourth-order valence-electron chi connectivity index (χ4n) is 5.85. The minimum Gasteiger partial charge on any atom is -0.481 e. The lowest BCUT2D eigenvalue weighted by atomic mass is 9.67. The number of anilines is 1.